The Bertz CT molecular complexity index is 926. The van der Waals surface area contributed by atoms with E-state index in [0.29, 0.717) is 0 Å². The minimum atomic E-state index is -4.00. The van der Waals surface area contributed by atoms with Crippen molar-refractivity contribution in [2.75, 3.05) is 11.5 Å². The van der Waals surface area contributed by atoms with Gasteiger partial charge in [-0.05, 0) is 37.1 Å². The highest BCUT2D eigenvalue weighted by Gasteiger charge is 2.43. The zero-order valence-corrected chi connectivity index (χ0v) is 17.7. The molecule has 146 valence electrons. The summed E-state index contributed by atoms with van der Waals surface area (Å²) in [5, 5.41) is 2.28. The average molecular weight is 464 g/mol. The van der Waals surface area contributed by atoms with Crippen molar-refractivity contribution in [1.29, 1.82) is 0 Å². The number of aryl methyl sites for hydroxylation is 2. The molecule has 7 nitrogen and oxygen atoms in total. The lowest BCUT2D eigenvalue weighted by Gasteiger charge is -2.22. The molecule has 1 aromatic rings. The summed E-state index contributed by atoms with van der Waals surface area (Å²) in [6.45, 7) is 3.60. The molecule has 1 amide bonds. The van der Waals surface area contributed by atoms with Crippen LogP contribution in [0.15, 0.2) is 23.1 Å². The fraction of sp³-hybridized carbons (Fsp3) is 0.500. The van der Waals surface area contributed by atoms with Crippen molar-refractivity contribution in [3.63, 3.8) is 0 Å². The van der Waals surface area contributed by atoms with Gasteiger partial charge in [-0.15, -0.1) is 0 Å². The van der Waals surface area contributed by atoms with Crippen LogP contribution >= 0.6 is 34.8 Å². The fourth-order valence-electron chi connectivity index (χ4n) is 2.50. The number of nitrogens with one attached hydrogen (secondary N) is 2. The molecule has 1 aromatic carbocycles. The van der Waals surface area contributed by atoms with Gasteiger partial charge in [-0.2, -0.15) is 0 Å². The summed E-state index contributed by atoms with van der Waals surface area (Å²) in [5.41, 5.74) is 1.69. The largest absolute Gasteiger partial charge is 0.347 e. The SMILES string of the molecule is Cc1ccc(S(=O)(=O)N[C@H]2CS(=O)(=O)C[C@@H]2NC(=O)C(Cl)(Cl)Cl)cc1C. The second-order valence-corrected chi connectivity index (χ2v) is 12.3. The molecule has 1 heterocycles. The molecule has 0 unspecified atom stereocenters. The summed E-state index contributed by atoms with van der Waals surface area (Å²) in [7, 11) is -7.58. The summed E-state index contributed by atoms with van der Waals surface area (Å²) >= 11 is 16.4. The Hall–Kier alpha value is -0.580. The summed E-state index contributed by atoms with van der Waals surface area (Å²) < 4.78 is 49.1. The van der Waals surface area contributed by atoms with Gasteiger partial charge < -0.3 is 5.32 Å². The molecule has 0 radical (unpaired) electrons. The second-order valence-electron chi connectivity index (χ2n) is 6.13. The van der Waals surface area contributed by atoms with Crippen molar-refractivity contribution in [3.8, 4) is 0 Å². The van der Waals surface area contributed by atoms with Crippen LogP contribution in [0, 0.1) is 13.8 Å². The lowest BCUT2D eigenvalue weighted by Crippen LogP contribution is -2.53. The molecule has 0 saturated carbocycles. The monoisotopic (exact) mass is 462 g/mol. The molecule has 26 heavy (non-hydrogen) atoms. The first-order chi connectivity index (χ1) is 11.7. The first-order valence-corrected chi connectivity index (χ1v) is 11.8. The molecule has 1 fully saturated rings. The first-order valence-electron chi connectivity index (χ1n) is 7.39. The first kappa shape index (κ1) is 21.7. The molecule has 1 saturated heterocycles. The smallest absolute Gasteiger partial charge is 0.272 e. The van der Waals surface area contributed by atoms with Crippen molar-refractivity contribution >= 4 is 60.6 Å². The number of carbonyl (C=O) groups is 1. The van der Waals surface area contributed by atoms with Crippen molar-refractivity contribution in [2.24, 2.45) is 0 Å². The van der Waals surface area contributed by atoms with Gasteiger partial charge in [0.25, 0.3) is 9.70 Å². The number of benzene rings is 1. The maximum Gasteiger partial charge on any atom is 0.272 e. The predicted molar refractivity (Wildman–Crippen MR) is 101 cm³/mol. The van der Waals surface area contributed by atoms with E-state index in [-0.39, 0.29) is 4.90 Å². The number of hydrogen-bond donors (Lipinski definition) is 2. The van der Waals surface area contributed by atoms with Crippen LogP contribution in [0.5, 0.6) is 0 Å². The van der Waals surface area contributed by atoms with Gasteiger partial charge in [-0.1, -0.05) is 40.9 Å². The van der Waals surface area contributed by atoms with Gasteiger partial charge in [-0.3, -0.25) is 4.79 Å². The number of alkyl halides is 3. The standard InChI is InChI=1S/C14H17Cl3N2O5S2/c1-8-3-4-10(5-9(8)2)26(23,24)19-12-7-25(21,22)6-11(12)18-13(20)14(15,16)17/h3-5,11-12,19H,6-7H2,1-2H3,(H,18,20)/t11-,12-/m0/s1. The van der Waals surface area contributed by atoms with E-state index in [4.69, 9.17) is 34.8 Å². The maximum atomic E-state index is 12.6. The topological polar surface area (TPSA) is 109 Å². The van der Waals surface area contributed by atoms with Gasteiger partial charge in [0.05, 0.1) is 28.5 Å². The number of hydrogen-bond acceptors (Lipinski definition) is 5. The van der Waals surface area contributed by atoms with Gasteiger partial charge in [0.2, 0.25) is 10.0 Å². The van der Waals surface area contributed by atoms with Crippen LogP contribution in [0.4, 0.5) is 0 Å². The van der Waals surface area contributed by atoms with Crippen molar-refractivity contribution in [1.82, 2.24) is 10.0 Å². The molecule has 0 aromatic heterocycles. The van der Waals surface area contributed by atoms with Gasteiger partial charge >= 0.3 is 0 Å². The zero-order valence-electron chi connectivity index (χ0n) is 13.8. The average Bonchev–Trinajstić information content (AvgIpc) is 2.73. The highest BCUT2D eigenvalue weighted by atomic mass is 35.6. The van der Waals surface area contributed by atoms with E-state index < -0.39 is 53.1 Å². The Morgan fingerprint density at radius 2 is 1.69 bits per heavy atom. The Morgan fingerprint density at radius 3 is 2.23 bits per heavy atom. The molecule has 2 atom stereocenters. The number of carbonyl (C=O) groups excluding carboxylic acids is 1. The van der Waals surface area contributed by atoms with Crippen molar-refractivity contribution in [2.45, 2.75) is 34.6 Å². The van der Waals surface area contributed by atoms with Crippen LogP contribution in [0.2, 0.25) is 0 Å². The molecule has 2 rings (SSSR count). The molecular weight excluding hydrogens is 447 g/mol. The lowest BCUT2D eigenvalue weighted by molar-refractivity contribution is -0.120. The van der Waals surface area contributed by atoms with Gasteiger partial charge in [0.1, 0.15) is 0 Å². The van der Waals surface area contributed by atoms with E-state index in [1.54, 1.807) is 13.0 Å². The second kappa shape index (κ2) is 7.44. The number of halogens is 3. The molecule has 0 spiro atoms. The molecule has 1 aliphatic heterocycles. The van der Waals surface area contributed by atoms with E-state index in [1.807, 2.05) is 6.92 Å². The van der Waals surface area contributed by atoms with Gasteiger partial charge in [-0.25, -0.2) is 21.6 Å². The lowest BCUT2D eigenvalue weighted by atomic mass is 10.1. The highest BCUT2D eigenvalue weighted by Crippen LogP contribution is 2.27. The van der Waals surface area contributed by atoms with Crippen LogP contribution in [-0.4, -0.2) is 50.1 Å². The van der Waals surface area contributed by atoms with E-state index in [2.05, 4.69) is 10.0 Å². The molecular formula is C14H17Cl3N2O5S2. The molecule has 1 aliphatic rings. The Morgan fingerprint density at radius 1 is 1.12 bits per heavy atom. The minimum Gasteiger partial charge on any atom is -0.347 e. The number of amides is 1. The van der Waals surface area contributed by atoms with Crippen molar-refractivity contribution < 1.29 is 21.6 Å². The van der Waals surface area contributed by atoms with Crippen LogP contribution in [0.3, 0.4) is 0 Å². The van der Waals surface area contributed by atoms with E-state index >= 15 is 0 Å². The summed E-state index contributed by atoms with van der Waals surface area (Å²) in [6.07, 6.45) is 0. The molecule has 0 bridgehead atoms. The van der Waals surface area contributed by atoms with E-state index in [9.17, 15) is 21.6 Å². The summed E-state index contributed by atoms with van der Waals surface area (Å²) in [5.74, 6) is -1.96. The third kappa shape index (κ3) is 5.24. The Balaban J connectivity index is 2.26. The van der Waals surface area contributed by atoms with Crippen LogP contribution in [0.1, 0.15) is 11.1 Å². The van der Waals surface area contributed by atoms with Crippen LogP contribution in [-0.2, 0) is 24.7 Å². The number of rotatable bonds is 4. The number of sulfonamides is 1. The van der Waals surface area contributed by atoms with E-state index in [1.165, 1.54) is 12.1 Å². The quantitative estimate of drug-likeness (QED) is 0.653. The minimum absolute atomic E-state index is 0.00338. The Labute approximate surface area is 167 Å². The van der Waals surface area contributed by atoms with Crippen LogP contribution in [0.25, 0.3) is 0 Å². The normalized spacial score (nSPS) is 23.0. The third-order valence-electron chi connectivity index (χ3n) is 4.02. The summed E-state index contributed by atoms with van der Waals surface area (Å²) in [4.78, 5) is 11.8. The molecule has 2 N–H and O–H groups in total. The number of sulfone groups is 1. The van der Waals surface area contributed by atoms with Gasteiger partial charge in [0.15, 0.2) is 9.84 Å². The van der Waals surface area contributed by atoms with Gasteiger partial charge in [0, 0.05) is 0 Å². The predicted octanol–water partition coefficient (Wildman–Crippen LogP) is 1.23. The zero-order chi connectivity index (χ0) is 19.9. The fourth-order valence-corrected chi connectivity index (χ4v) is 6.00. The van der Waals surface area contributed by atoms with E-state index in [0.717, 1.165) is 11.1 Å². The molecule has 12 heteroatoms. The third-order valence-corrected chi connectivity index (χ3v) is 7.76. The maximum absolute atomic E-state index is 12.6. The summed E-state index contributed by atoms with van der Waals surface area (Å²) in [6, 6.07) is 2.42. The van der Waals surface area contributed by atoms with Crippen LogP contribution < -0.4 is 10.0 Å². The highest BCUT2D eigenvalue weighted by molar-refractivity contribution is 7.92. The molecule has 0 aliphatic carbocycles. The van der Waals surface area contributed by atoms with Crippen molar-refractivity contribution in [3.05, 3.63) is 29.3 Å². The Kier molecular flexibility index (Phi) is 6.22.